The molecule has 0 aliphatic heterocycles. The van der Waals surface area contributed by atoms with Crippen LogP contribution in [0.3, 0.4) is 0 Å². The first-order valence-electron chi connectivity index (χ1n) is 3.55. The van der Waals surface area contributed by atoms with Gasteiger partial charge in [-0.3, -0.25) is 0 Å². The minimum Gasteiger partial charge on any atom is -0.191 e. The van der Waals surface area contributed by atoms with E-state index in [0.717, 1.165) is 6.07 Å². The molecule has 0 nitrogen and oxygen atoms in total. The molecule has 1 rings (SSSR count). The Morgan fingerprint density at radius 1 is 1.00 bits per heavy atom. The molecular formula is C8H4BF5. The SMILES string of the molecule is [B]c1cccc(C(F)(F)C(F)(F)F)c1. The maximum absolute atomic E-state index is 12.7. The summed E-state index contributed by atoms with van der Waals surface area (Å²) in [6.45, 7) is 0. The van der Waals surface area contributed by atoms with Crippen LogP contribution in [0.2, 0.25) is 0 Å². The van der Waals surface area contributed by atoms with Gasteiger partial charge in [-0.05, 0) is 0 Å². The van der Waals surface area contributed by atoms with Crippen LogP contribution in [0.15, 0.2) is 24.3 Å². The van der Waals surface area contributed by atoms with Gasteiger partial charge in [-0.2, -0.15) is 22.0 Å². The Morgan fingerprint density at radius 2 is 1.57 bits per heavy atom. The van der Waals surface area contributed by atoms with Gasteiger partial charge in [0.1, 0.15) is 7.85 Å². The highest BCUT2D eigenvalue weighted by atomic mass is 19.4. The first-order chi connectivity index (χ1) is 6.25. The van der Waals surface area contributed by atoms with Crippen molar-refractivity contribution in [2.75, 3.05) is 0 Å². The monoisotopic (exact) mass is 206 g/mol. The number of rotatable bonds is 1. The predicted octanol–water partition coefficient (Wildman–Crippen LogP) is 2.13. The normalized spacial score (nSPS) is 12.9. The first kappa shape index (κ1) is 11.0. The highest BCUT2D eigenvalue weighted by molar-refractivity contribution is 6.32. The van der Waals surface area contributed by atoms with Crippen molar-refractivity contribution in [1.82, 2.24) is 0 Å². The summed E-state index contributed by atoms with van der Waals surface area (Å²) >= 11 is 0. The lowest BCUT2D eigenvalue weighted by atomic mass is 9.93. The Balaban J connectivity index is 3.16. The van der Waals surface area contributed by atoms with Crippen molar-refractivity contribution >= 4 is 13.3 Å². The zero-order valence-corrected chi connectivity index (χ0v) is 6.78. The summed E-state index contributed by atoms with van der Waals surface area (Å²) in [7, 11) is 5.10. The first-order valence-corrected chi connectivity index (χ1v) is 3.55. The Bertz CT molecular complexity index is 331. The number of hydrogen-bond donors (Lipinski definition) is 0. The van der Waals surface area contributed by atoms with Gasteiger partial charge < -0.3 is 0 Å². The van der Waals surface area contributed by atoms with Crippen LogP contribution in [0.4, 0.5) is 22.0 Å². The fourth-order valence-corrected chi connectivity index (χ4v) is 0.898. The van der Waals surface area contributed by atoms with E-state index >= 15 is 0 Å². The second kappa shape index (κ2) is 3.26. The highest BCUT2D eigenvalue weighted by Gasteiger charge is 2.58. The average Bonchev–Trinajstić information content (AvgIpc) is 2.02. The van der Waals surface area contributed by atoms with Gasteiger partial charge in [0.25, 0.3) is 0 Å². The molecule has 0 aliphatic rings. The van der Waals surface area contributed by atoms with Gasteiger partial charge in [0.15, 0.2) is 0 Å². The molecule has 0 amide bonds. The van der Waals surface area contributed by atoms with E-state index in [-0.39, 0.29) is 5.46 Å². The quantitative estimate of drug-likeness (QED) is 0.487. The number of benzene rings is 1. The minimum absolute atomic E-state index is 0.133. The smallest absolute Gasteiger partial charge is 0.191 e. The van der Waals surface area contributed by atoms with Gasteiger partial charge in [0.2, 0.25) is 0 Å². The van der Waals surface area contributed by atoms with Crippen molar-refractivity contribution in [3.8, 4) is 0 Å². The van der Waals surface area contributed by atoms with E-state index in [2.05, 4.69) is 0 Å². The molecule has 0 fully saturated rings. The Kier molecular flexibility index (Phi) is 2.56. The minimum atomic E-state index is -5.60. The number of hydrogen-bond acceptors (Lipinski definition) is 0. The molecule has 0 saturated heterocycles. The van der Waals surface area contributed by atoms with Crippen molar-refractivity contribution in [3.05, 3.63) is 29.8 Å². The summed E-state index contributed by atoms with van der Waals surface area (Å²) in [5, 5.41) is 0. The van der Waals surface area contributed by atoms with Crippen molar-refractivity contribution in [3.63, 3.8) is 0 Å². The largest absolute Gasteiger partial charge is 0.458 e. The van der Waals surface area contributed by atoms with Gasteiger partial charge in [-0.25, -0.2) is 0 Å². The Labute approximate surface area is 78.1 Å². The molecule has 0 bridgehead atoms. The standard InChI is InChI=1S/C8H4BF5/c9-6-3-1-2-5(4-6)7(10,11)8(12,13)14/h1-4H. The summed E-state index contributed by atoms with van der Waals surface area (Å²) in [6, 6.07) is 3.57. The fraction of sp³-hybridized carbons (Fsp3) is 0.250. The molecule has 0 aliphatic carbocycles. The topological polar surface area (TPSA) is 0 Å². The molecule has 0 aromatic heterocycles. The zero-order chi connectivity index (χ0) is 11.0. The molecule has 0 unspecified atom stereocenters. The lowest BCUT2D eigenvalue weighted by Gasteiger charge is -2.20. The molecule has 0 heterocycles. The third kappa shape index (κ3) is 1.88. The van der Waals surface area contributed by atoms with E-state index in [1.165, 1.54) is 6.07 Å². The van der Waals surface area contributed by atoms with Gasteiger partial charge >= 0.3 is 12.1 Å². The van der Waals surface area contributed by atoms with Crippen LogP contribution in [0.25, 0.3) is 0 Å². The predicted molar refractivity (Wildman–Crippen MR) is 41.8 cm³/mol. The molecule has 0 N–H and O–H groups in total. The molecule has 1 aromatic rings. The van der Waals surface area contributed by atoms with E-state index in [1.54, 1.807) is 0 Å². The molecule has 74 valence electrons. The second-order valence-corrected chi connectivity index (χ2v) is 2.70. The van der Waals surface area contributed by atoms with Crippen LogP contribution >= 0.6 is 0 Å². The van der Waals surface area contributed by atoms with E-state index in [0.29, 0.717) is 12.1 Å². The molecular weight excluding hydrogens is 202 g/mol. The van der Waals surface area contributed by atoms with Crippen LogP contribution in [0.5, 0.6) is 0 Å². The van der Waals surface area contributed by atoms with E-state index in [9.17, 15) is 22.0 Å². The van der Waals surface area contributed by atoms with E-state index in [4.69, 9.17) is 7.85 Å². The van der Waals surface area contributed by atoms with Gasteiger partial charge in [0.05, 0.1) is 0 Å². The van der Waals surface area contributed by atoms with Gasteiger partial charge in [-0.1, -0.05) is 29.7 Å². The summed E-state index contributed by atoms with van der Waals surface area (Å²) in [4.78, 5) is 0. The van der Waals surface area contributed by atoms with Crippen molar-refractivity contribution in [1.29, 1.82) is 0 Å². The third-order valence-corrected chi connectivity index (χ3v) is 1.61. The highest BCUT2D eigenvalue weighted by Crippen LogP contribution is 2.43. The summed E-state index contributed by atoms with van der Waals surface area (Å²) in [5.41, 5.74) is -1.28. The fourth-order valence-electron chi connectivity index (χ4n) is 0.898. The molecule has 1 aromatic carbocycles. The lowest BCUT2D eigenvalue weighted by molar-refractivity contribution is -0.289. The maximum Gasteiger partial charge on any atom is 0.458 e. The van der Waals surface area contributed by atoms with Crippen LogP contribution in [0, 0.1) is 0 Å². The van der Waals surface area contributed by atoms with Crippen molar-refractivity contribution in [2.45, 2.75) is 12.1 Å². The summed E-state index contributed by atoms with van der Waals surface area (Å²) < 4.78 is 60.9. The molecule has 14 heavy (non-hydrogen) atoms. The summed E-state index contributed by atoms with van der Waals surface area (Å²) in [5.74, 6) is -4.86. The van der Waals surface area contributed by atoms with Gasteiger partial charge in [0, 0.05) is 5.56 Å². The zero-order valence-electron chi connectivity index (χ0n) is 6.78. The van der Waals surface area contributed by atoms with Crippen LogP contribution in [-0.4, -0.2) is 14.0 Å². The Hall–Kier alpha value is -1.07. The third-order valence-electron chi connectivity index (χ3n) is 1.61. The van der Waals surface area contributed by atoms with Crippen molar-refractivity contribution in [2.24, 2.45) is 0 Å². The number of alkyl halides is 5. The van der Waals surface area contributed by atoms with Crippen molar-refractivity contribution < 1.29 is 22.0 Å². The Morgan fingerprint density at radius 3 is 2.00 bits per heavy atom. The van der Waals surface area contributed by atoms with E-state index in [1.807, 2.05) is 0 Å². The number of halogens is 5. The van der Waals surface area contributed by atoms with E-state index < -0.39 is 17.7 Å². The molecule has 0 spiro atoms. The lowest BCUT2D eigenvalue weighted by Crippen LogP contribution is -2.34. The average molecular weight is 206 g/mol. The second-order valence-electron chi connectivity index (χ2n) is 2.70. The maximum atomic E-state index is 12.7. The molecule has 0 saturated carbocycles. The molecule has 2 radical (unpaired) electrons. The van der Waals surface area contributed by atoms with Crippen LogP contribution in [-0.2, 0) is 5.92 Å². The van der Waals surface area contributed by atoms with Crippen LogP contribution < -0.4 is 5.46 Å². The van der Waals surface area contributed by atoms with Crippen LogP contribution in [0.1, 0.15) is 5.56 Å². The summed E-state index contributed by atoms with van der Waals surface area (Å²) in [6.07, 6.45) is -5.60. The molecule has 6 heteroatoms. The van der Waals surface area contributed by atoms with Gasteiger partial charge in [-0.15, -0.1) is 0 Å². The molecule has 0 atom stereocenters.